The van der Waals surface area contributed by atoms with Gasteiger partial charge in [-0.2, -0.15) is 0 Å². The molecule has 0 aliphatic heterocycles. The number of benzene rings is 2. The zero-order valence-corrected chi connectivity index (χ0v) is 12.7. The van der Waals surface area contributed by atoms with Crippen molar-refractivity contribution >= 4 is 6.16 Å². The summed E-state index contributed by atoms with van der Waals surface area (Å²) in [6, 6.07) is 9.99. The van der Waals surface area contributed by atoms with Crippen LogP contribution in [0, 0.1) is 19.7 Å². The van der Waals surface area contributed by atoms with Crippen LogP contribution in [-0.4, -0.2) is 13.3 Å². The van der Waals surface area contributed by atoms with Crippen molar-refractivity contribution < 1.29 is 23.4 Å². The molecule has 2 aromatic carbocycles. The van der Waals surface area contributed by atoms with E-state index in [4.69, 9.17) is 9.47 Å². The van der Waals surface area contributed by atoms with Crippen molar-refractivity contribution in [3.63, 3.8) is 0 Å². The monoisotopic (exact) mass is 304 g/mol. The first-order valence-electron chi connectivity index (χ1n) is 6.74. The summed E-state index contributed by atoms with van der Waals surface area (Å²) in [6.45, 7) is 3.80. The Bertz CT molecular complexity index is 682. The van der Waals surface area contributed by atoms with Gasteiger partial charge >= 0.3 is 6.16 Å². The van der Waals surface area contributed by atoms with Crippen LogP contribution in [0.3, 0.4) is 0 Å². The van der Waals surface area contributed by atoms with Gasteiger partial charge in [-0.3, -0.25) is 0 Å². The zero-order valence-electron chi connectivity index (χ0n) is 12.7. The van der Waals surface area contributed by atoms with Gasteiger partial charge in [-0.05, 0) is 43.2 Å². The van der Waals surface area contributed by atoms with Crippen LogP contribution in [0.4, 0.5) is 9.18 Å². The highest BCUT2D eigenvalue weighted by molar-refractivity contribution is 5.64. The Labute approximate surface area is 128 Å². The van der Waals surface area contributed by atoms with E-state index >= 15 is 0 Å². The van der Waals surface area contributed by atoms with Gasteiger partial charge in [0.05, 0.1) is 12.7 Å². The highest BCUT2D eigenvalue weighted by Gasteiger charge is 2.14. The normalized spacial score (nSPS) is 10.2. The number of carbonyl (C=O) groups excluding carboxylic acids is 1. The molecular formula is C17H17FO4. The summed E-state index contributed by atoms with van der Waals surface area (Å²) in [7, 11) is 1.19. The second kappa shape index (κ2) is 6.93. The van der Waals surface area contributed by atoms with E-state index in [1.54, 1.807) is 0 Å². The molecule has 0 spiro atoms. The summed E-state index contributed by atoms with van der Waals surface area (Å²) in [5.41, 5.74) is 2.14. The van der Waals surface area contributed by atoms with Crippen LogP contribution >= 0.6 is 0 Å². The van der Waals surface area contributed by atoms with Gasteiger partial charge in [0.2, 0.25) is 0 Å². The SMILES string of the molecule is COC(=O)Oc1cccc(F)c1COc1cc(C)ccc1C. The van der Waals surface area contributed by atoms with Gasteiger partial charge in [-0.1, -0.05) is 18.2 Å². The molecule has 0 unspecified atom stereocenters. The maximum atomic E-state index is 14.0. The molecule has 4 nitrogen and oxygen atoms in total. The fraction of sp³-hybridized carbons (Fsp3) is 0.235. The van der Waals surface area contributed by atoms with Crippen LogP contribution in [0.1, 0.15) is 16.7 Å². The van der Waals surface area contributed by atoms with E-state index in [2.05, 4.69) is 4.74 Å². The first-order valence-corrected chi connectivity index (χ1v) is 6.74. The molecule has 116 valence electrons. The lowest BCUT2D eigenvalue weighted by atomic mass is 10.1. The Hall–Kier alpha value is -2.56. The van der Waals surface area contributed by atoms with Crippen LogP contribution in [0.2, 0.25) is 0 Å². The van der Waals surface area contributed by atoms with Gasteiger partial charge in [0.25, 0.3) is 0 Å². The van der Waals surface area contributed by atoms with E-state index in [-0.39, 0.29) is 17.9 Å². The number of hydrogen-bond donors (Lipinski definition) is 0. The van der Waals surface area contributed by atoms with E-state index in [1.165, 1.54) is 25.3 Å². The summed E-state index contributed by atoms with van der Waals surface area (Å²) in [6.07, 6.45) is -0.904. The van der Waals surface area contributed by atoms with Crippen LogP contribution in [0.15, 0.2) is 36.4 Å². The van der Waals surface area contributed by atoms with E-state index in [1.807, 2.05) is 32.0 Å². The molecule has 2 aromatic rings. The van der Waals surface area contributed by atoms with Gasteiger partial charge in [0, 0.05) is 0 Å². The Morgan fingerprint density at radius 2 is 1.91 bits per heavy atom. The predicted octanol–water partition coefficient (Wildman–Crippen LogP) is 4.17. The Balaban J connectivity index is 2.21. The van der Waals surface area contributed by atoms with Gasteiger partial charge in [0.15, 0.2) is 0 Å². The van der Waals surface area contributed by atoms with Crippen molar-refractivity contribution in [1.82, 2.24) is 0 Å². The first kappa shape index (κ1) is 15.8. The van der Waals surface area contributed by atoms with Crippen LogP contribution in [0.5, 0.6) is 11.5 Å². The molecule has 0 aliphatic carbocycles. The minimum Gasteiger partial charge on any atom is -0.488 e. The minimum absolute atomic E-state index is 0.0523. The first-order chi connectivity index (χ1) is 10.5. The topological polar surface area (TPSA) is 44.8 Å². The predicted molar refractivity (Wildman–Crippen MR) is 79.7 cm³/mol. The molecule has 0 amide bonds. The van der Waals surface area contributed by atoms with Crippen LogP contribution in [0.25, 0.3) is 0 Å². The molecule has 0 fully saturated rings. The third kappa shape index (κ3) is 3.75. The van der Waals surface area contributed by atoms with Crippen molar-refractivity contribution in [2.75, 3.05) is 7.11 Å². The standard InChI is InChI=1S/C17H17FO4/c1-11-7-8-12(2)16(9-11)21-10-13-14(18)5-4-6-15(13)22-17(19)20-3/h4-9H,10H2,1-3H3. The van der Waals surface area contributed by atoms with Crippen LogP contribution < -0.4 is 9.47 Å². The molecule has 0 aromatic heterocycles. The molecule has 0 saturated carbocycles. The lowest BCUT2D eigenvalue weighted by Crippen LogP contribution is -2.11. The third-order valence-corrected chi connectivity index (χ3v) is 3.15. The average Bonchev–Trinajstić information content (AvgIpc) is 2.49. The number of halogens is 1. The molecule has 22 heavy (non-hydrogen) atoms. The van der Waals surface area contributed by atoms with Crippen molar-refractivity contribution in [2.24, 2.45) is 0 Å². The molecular weight excluding hydrogens is 287 g/mol. The largest absolute Gasteiger partial charge is 0.513 e. The minimum atomic E-state index is -0.904. The number of methoxy groups -OCH3 is 1. The fourth-order valence-electron chi connectivity index (χ4n) is 1.92. The third-order valence-electron chi connectivity index (χ3n) is 3.15. The van der Waals surface area contributed by atoms with E-state index in [0.29, 0.717) is 5.75 Å². The molecule has 0 saturated heterocycles. The van der Waals surface area contributed by atoms with Crippen molar-refractivity contribution in [3.05, 3.63) is 58.9 Å². The molecule has 0 heterocycles. The number of ether oxygens (including phenoxy) is 3. The smallest absolute Gasteiger partial charge is 0.488 e. The molecule has 0 aliphatic rings. The molecule has 0 radical (unpaired) electrons. The van der Waals surface area contributed by atoms with Crippen molar-refractivity contribution in [3.8, 4) is 11.5 Å². The summed E-state index contributed by atoms with van der Waals surface area (Å²) in [4.78, 5) is 11.2. The van der Waals surface area contributed by atoms with Gasteiger partial charge < -0.3 is 14.2 Å². The highest BCUT2D eigenvalue weighted by Crippen LogP contribution is 2.26. The van der Waals surface area contributed by atoms with E-state index < -0.39 is 12.0 Å². The Morgan fingerprint density at radius 1 is 1.14 bits per heavy atom. The summed E-state index contributed by atoms with van der Waals surface area (Å²) < 4.78 is 29.0. The number of hydrogen-bond acceptors (Lipinski definition) is 4. The molecule has 0 N–H and O–H groups in total. The Kier molecular flexibility index (Phi) is 4.99. The summed E-state index contributed by atoms with van der Waals surface area (Å²) in [5.74, 6) is 0.233. The number of rotatable bonds is 4. The van der Waals surface area contributed by atoms with E-state index in [0.717, 1.165) is 11.1 Å². The summed E-state index contributed by atoms with van der Waals surface area (Å²) >= 11 is 0. The van der Waals surface area contributed by atoms with E-state index in [9.17, 15) is 9.18 Å². The van der Waals surface area contributed by atoms with Crippen molar-refractivity contribution in [2.45, 2.75) is 20.5 Å². The fourth-order valence-corrected chi connectivity index (χ4v) is 1.92. The number of carbonyl (C=O) groups is 1. The second-order valence-corrected chi connectivity index (χ2v) is 4.83. The maximum Gasteiger partial charge on any atom is 0.513 e. The Morgan fingerprint density at radius 3 is 2.64 bits per heavy atom. The lowest BCUT2D eigenvalue weighted by molar-refractivity contribution is 0.120. The second-order valence-electron chi connectivity index (χ2n) is 4.83. The molecule has 5 heteroatoms. The van der Waals surface area contributed by atoms with Crippen LogP contribution in [-0.2, 0) is 11.3 Å². The average molecular weight is 304 g/mol. The van der Waals surface area contributed by atoms with Gasteiger partial charge in [-0.25, -0.2) is 9.18 Å². The number of aryl methyl sites for hydroxylation is 2. The van der Waals surface area contributed by atoms with Gasteiger partial charge in [0.1, 0.15) is 23.9 Å². The summed E-state index contributed by atoms with van der Waals surface area (Å²) in [5, 5.41) is 0. The zero-order chi connectivity index (χ0) is 16.1. The quantitative estimate of drug-likeness (QED) is 0.628. The maximum absolute atomic E-state index is 14.0. The van der Waals surface area contributed by atoms with Crippen molar-refractivity contribution in [1.29, 1.82) is 0 Å². The highest BCUT2D eigenvalue weighted by atomic mass is 19.1. The molecule has 0 bridgehead atoms. The molecule has 2 rings (SSSR count). The van der Waals surface area contributed by atoms with Gasteiger partial charge in [-0.15, -0.1) is 0 Å². The molecule has 0 atom stereocenters. The lowest BCUT2D eigenvalue weighted by Gasteiger charge is -2.13.